The van der Waals surface area contributed by atoms with Crippen molar-refractivity contribution in [2.45, 2.75) is 44.6 Å². The minimum Gasteiger partial charge on any atom is -0.300 e. The van der Waals surface area contributed by atoms with Crippen molar-refractivity contribution in [2.75, 3.05) is 11.9 Å². The minimum atomic E-state index is 0.211. The lowest BCUT2D eigenvalue weighted by Crippen LogP contribution is -2.29. The Morgan fingerprint density at radius 3 is 2.94 bits per heavy atom. The molecule has 1 aromatic heterocycles. The van der Waals surface area contributed by atoms with E-state index < -0.39 is 0 Å². The number of carbonyl (C=O) groups excluding carboxylic acids is 1. The topological polar surface area (TPSA) is 38.1 Å². The maximum atomic E-state index is 11.8. The number of anilines is 1. The number of nitrogens with zero attached hydrogens (tertiary/aromatic N) is 3. The Kier molecular flexibility index (Phi) is 2.23. The van der Waals surface area contributed by atoms with Gasteiger partial charge in [0.25, 0.3) is 0 Å². The fourth-order valence-electron chi connectivity index (χ4n) is 2.27. The number of amides is 1. The first-order valence-corrected chi connectivity index (χ1v) is 6.10. The first-order chi connectivity index (χ1) is 7.75. The van der Waals surface area contributed by atoms with Crippen LogP contribution in [-0.2, 0) is 11.3 Å². The van der Waals surface area contributed by atoms with Crippen LogP contribution in [-0.4, -0.2) is 22.7 Å². The second-order valence-corrected chi connectivity index (χ2v) is 4.83. The molecule has 16 heavy (non-hydrogen) atoms. The van der Waals surface area contributed by atoms with Crippen molar-refractivity contribution >= 4 is 11.7 Å². The summed E-state index contributed by atoms with van der Waals surface area (Å²) in [5, 5.41) is 4.62. The van der Waals surface area contributed by atoms with E-state index in [-0.39, 0.29) is 5.91 Å². The Morgan fingerprint density at radius 1 is 1.38 bits per heavy atom. The smallest absolute Gasteiger partial charge is 0.227 e. The second-order valence-electron chi connectivity index (χ2n) is 4.83. The summed E-state index contributed by atoms with van der Waals surface area (Å²) < 4.78 is 2.00. The largest absolute Gasteiger partial charge is 0.300 e. The summed E-state index contributed by atoms with van der Waals surface area (Å²) in [4.78, 5) is 13.6. The van der Waals surface area contributed by atoms with Crippen molar-refractivity contribution in [3.05, 3.63) is 11.8 Å². The van der Waals surface area contributed by atoms with Crippen LogP contribution in [0.5, 0.6) is 0 Å². The number of fused-ring (bicyclic) bond motifs is 1. The highest BCUT2D eigenvalue weighted by Crippen LogP contribution is 2.40. The van der Waals surface area contributed by atoms with Gasteiger partial charge in [-0.05, 0) is 25.7 Å². The van der Waals surface area contributed by atoms with Crippen LogP contribution in [0.15, 0.2) is 6.07 Å². The van der Waals surface area contributed by atoms with E-state index in [9.17, 15) is 4.79 Å². The van der Waals surface area contributed by atoms with Crippen molar-refractivity contribution in [1.29, 1.82) is 0 Å². The van der Waals surface area contributed by atoms with Gasteiger partial charge in [0.2, 0.25) is 5.91 Å². The lowest BCUT2D eigenvalue weighted by molar-refractivity contribution is -0.118. The SMILES string of the molecule is CN1C(=O)CCCCn2nc(C3CC3)cc21. The van der Waals surface area contributed by atoms with Crippen molar-refractivity contribution in [3.8, 4) is 0 Å². The monoisotopic (exact) mass is 219 g/mol. The van der Waals surface area contributed by atoms with E-state index in [1.165, 1.54) is 18.5 Å². The molecule has 0 radical (unpaired) electrons. The summed E-state index contributed by atoms with van der Waals surface area (Å²) in [5.74, 6) is 1.85. The zero-order valence-corrected chi connectivity index (χ0v) is 9.65. The molecule has 86 valence electrons. The van der Waals surface area contributed by atoms with Gasteiger partial charge in [0.05, 0.1) is 5.69 Å². The number of carbonyl (C=O) groups is 1. The molecule has 0 N–H and O–H groups in total. The van der Waals surface area contributed by atoms with Crippen LogP contribution < -0.4 is 4.90 Å². The zero-order chi connectivity index (χ0) is 11.1. The molecule has 4 nitrogen and oxygen atoms in total. The highest BCUT2D eigenvalue weighted by Gasteiger charge is 2.29. The number of hydrogen-bond acceptors (Lipinski definition) is 2. The second kappa shape index (κ2) is 3.61. The van der Waals surface area contributed by atoms with Crippen LogP contribution in [0.25, 0.3) is 0 Å². The third kappa shape index (κ3) is 1.62. The van der Waals surface area contributed by atoms with Gasteiger partial charge in [0.1, 0.15) is 5.82 Å². The summed E-state index contributed by atoms with van der Waals surface area (Å²) in [5.41, 5.74) is 1.18. The van der Waals surface area contributed by atoms with Crippen molar-refractivity contribution in [2.24, 2.45) is 0 Å². The van der Waals surface area contributed by atoms with E-state index in [1.54, 1.807) is 4.90 Å². The lowest BCUT2D eigenvalue weighted by Gasteiger charge is -2.20. The maximum Gasteiger partial charge on any atom is 0.227 e. The van der Waals surface area contributed by atoms with Gasteiger partial charge < -0.3 is 4.90 Å². The summed E-state index contributed by atoms with van der Waals surface area (Å²) in [6, 6.07) is 2.10. The van der Waals surface area contributed by atoms with E-state index >= 15 is 0 Å². The molecule has 0 aromatic carbocycles. The molecule has 2 aliphatic rings. The van der Waals surface area contributed by atoms with Crippen LogP contribution in [0.3, 0.4) is 0 Å². The van der Waals surface area contributed by atoms with Gasteiger partial charge in [-0.25, -0.2) is 4.68 Å². The van der Waals surface area contributed by atoms with Crippen LogP contribution in [0.1, 0.15) is 43.7 Å². The molecule has 1 aromatic rings. The molecule has 2 heterocycles. The molecule has 1 aliphatic heterocycles. The molecular weight excluding hydrogens is 202 g/mol. The quantitative estimate of drug-likeness (QED) is 0.723. The van der Waals surface area contributed by atoms with Crippen molar-refractivity contribution in [1.82, 2.24) is 9.78 Å². The molecular formula is C12H17N3O. The summed E-state index contributed by atoms with van der Waals surface area (Å²) in [7, 11) is 1.86. The van der Waals surface area contributed by atoms with E-state index in [0.29, 0.717) is 12.3 Å². The Labute approximate surface area is 95.2 Å². The number of hydrogen-bond donors (Lipinski definition) is 0. The average molecular weight is 219 g/mol. The zero-order valence-electron chi connectivity index (χ0n) is 9.65. The summed E-state index contributed by atoms with van der Waals surface area (Å²) >= 11 is 0. The predicted molar refractivity (Wildman–Crippen MR) is 61.5 cm³/mol. The van der Waals surface area contributed by atoms with E-state index in [2.05, 4.69) is 11.2 Å². The third-order valence-corrected chi connectivity index (χ3v) is 3.50. The first-order valence-electron chi connectivity index (χ1n) is 6.10. The van der Waals surface area contributed by atoms with Crippen molar-refractivity contribution < 1.29 is 4.79 Å². The van der Waals surface area contributed by atoms with Gasteiger partial charge in [0.15, 0.2) is 0 Å². The Morgan fingerprint density at radius 2 is 2.19 bits per heavy atom. The summed E-state index contributed by atoms with van der Waals surface area (Å²) in [6.45, 7) is 0.944. The van der Waals surface area contributed by atoms with Gasteiger partial charge in [0, 0.05) is 32.0 Å². The fourth-order valence-corrected chi connectivity index (χ4v) is 2.27. The fraction of sp³-hybridized carbons (Fsp3) is 0.667. The van der Waals surface area contributed by atoms with E-state index in [0.717, 1.165) is 25.2 Å². The molecule has 3 rings (SSSR count). The molecule has 1 amide bonds. The molecule has 0 spiro atoms. The first kappa shape index (κ1) is 9.87. The number of aryl methyl sites for hydroxylation is 1. The van der Waals surface area contributed by atoms with Gasteiger partial charge in [-0.2, -0.15) is 5.10 Å². The highest BCUT2D eigenvalue weighted by molar-refractivity contribution is 5.92. The van der Waals surface area contributed by atoms with Gasteiger partial charge >= 0.3 is 0 Å². The molecule has 0 bridgehead atoms. The Bertz CT molecular complexity index is 420. The van der Waals surface area contributed by atoms with Crippen LogP contribution in [0, 0.1) is 0 Å². The van der Waals surface area contributed by atoms with Gasteiger partial charge in [-0.1, -0.05) is 0 Å². The standard InChI is InChI=1S/C12H17N3O/c1-14-11-8-10(9-5-6-9)13-15(11)7-3-2-4-12(14)16/h8-9H,2-7H2,1H3. The van der Waals surface area contributed by atoms with Crippen LogP contribution in [0.2, 0.25) is 0 Å². The maximum absolute atomic E-state index is 11.8. The molecule has 1 aliphatic carbocycles. The molecule has 0 unspecified atom stereocenters. The van der Waals surface area contributed by atoms with Gasteiger partial charge in [-0.15, -0.1) is 0 Å². The molecule has 0 atom stereocenters. The lowest BCUT2D eigenvalue weighted by atomic mass is 10.2. The van der Waals surface area contributed by atoms with Crippen molar-refractivity contribution in [3.63, 3.8) is 0 Å². The Hall–Kier alpha value is -1.32. The molecule has 4 heteroatoms. The van der Waals surface area contributed by atoms with E-state index in [1.807, 2.05) is 11.7 Å². The third-order valence-electron chi connectivity index (χ3n) is 3.50. The average Bonchev–Trinajstić information content (AvgIpc) is 3.03. The van der Waals surface area contributed by atoms with Crippen LogP contribution >= 0.6 is 0 Å². The number of rotatable bonds is 1. The Balaban J connectivity index is 1.97. The van der Waals surface area contributed by atoms with Crippen LogP contribution in [0.4, 0.5) is 5.82 Å². The normalized spacial score (nSPS) is 21.6. The molecule has 1 fully saturated rings. The van der Waals surface area contributed by atoms with E-state index in [4.69, 9.17) is 0 Å². The predicted octanol–water partition coefficient (Wildman–Crippen LogP) is 1.91. The molecule has 1 saturated carbocycles. The molecule has 0 saturated heterocycles. The number of aromatic nitrogens is 2. The highest BCUT2D eigenvalue weighted by atomic mass is 16.2. The summed E-state index contributed by atoms with van der Waals surface area (Å²) in [6.07, 6.45) is 5.21. The minimum absolute atomic E-state index is 0.211. The van der Waals surface area contributed by atoms with Gasteiger partial charge in [-0.3, -0.25) is 4.79 Å².